The van der Waals surface area contributed by atoms with Crippen LogP contribution in [0.1, 0.15) is 34.8 Å². The number of carbonyl (C=O) groups is 1. The van der Waals surface area contributed by atoms with Gasteiger partial charge in [0.15, 0.2) is 16.5 Å². The molecule has 0 aliphatic carbocycles. The summed E-state index contributed by atoms with van der Waals surface area (Å²) in [5.74, 6) is 1.29. The third kappa shape index (κ3) is 3.06. The molecule has 1 N–H and O–H groups in total. The average Bonchev–Trinajstić information content (AvgIpc) is 3.26. The molecule has 0 bridgehead atoms. The van der Waals surface area contributed by atoms with Crippen molar-refractivity contribution in [1.82, 2.24) is 14.7 Å². The van der Waals surface area contributed by atoms with Crippen LogP contribution < -0.4 is 14.8 Å². The summed E-state index contributed by atoms with van der Waals surface area (Å²) in [6, 6.07) is 5.55. The number of ether oxygens (including phenoxy) is 2. The molecule has 1 unspecified atom stereocenters. The summed E-state index contributed by atoms with van der Waals surface area (Å²) in [5.41, 5.74) is 2.80. The lowest BCUT2D eigenvalue weighted by Gasteiger charge is -2.13. The Bertz CT molecular complexity index is 1020. The fourth-order valence-electron chi connectivity index (χ4n) is 2.96. The summed E-state index contributed by atoms with van der Waals surface area (Å²) in [7, 11) is 0. The largest absolute Gasteiger partial charge is 0.454 e. The minimum Gasteiger partial charge on any atom is -0.454 e. The molecule has 1 atom stereocenters. The van der Waals surface area contributed by atoms with Gasteiger partial charge in [0, 0.05) is 17.2 Å². The second kappa shape index (κ2) is 6.49. The molecule has 0 saturated heterocycles. The first kappa shape index (κ1) is 16.7. The third-order valence-corrected chi connectivity index (χ3v) is 5.21. The molecule has 1 aromatic carbocycles. The van der Waals surface area contributed by atoms with Crippen LogP contribution in [0.5, 0.6) is 11.5 Å². The quantitative estimate of drug-likeness (QED) is 0.713. The number of benzene rings is 1. The number of nitrogens with zero attached hydrogens (tertiary/aromatic N) is 2. The number of rotatable bonds is 4. The van der Waals surface area contributed by atoms with E-state index in [0.717, 1.165) is 27.7 Å². The van der Waals surface area contributed by atoms with Gasteiger partial charge >= 0.3 is 0 Å². The van der Waals surface area contributed by atoms with Crippen molar-refractivity contribution in [3.63, 3.8) is 0 Å². The molecule has 1 amide bonds. The van der Waals surface area contributed by atoms with E-state index in [0.29, 0.717) is 5.75 Å². The number of aromatic nitrogens is 2. The summed E-state index contributed by atoms with van der Waals surface area (Å²) < 4.78 is 12.7. The lowest BCUT2D eigenvalue weighted by atomic mass is 10.1. The van der Waals surface area contributed by atoms with Gasteiger partial charge in [0.25, 0.3) is 0 Å². The Hall–Kier alpha value is -2.80. The Morgan fingerprint density at radius 2 is 2.15 bits per heavy atom. The molecule has 3 heterocycles. The van der Waals surface area contributed by atoms with Crippen molar-refractivity contribution >= 4 is 28.3 Å². The maximum Gasteiger partial charge on any atom is 0.244 e. The molecule has 2 aromatic heterocycles. The molecule has 134 valence electrons. The number of imidazole rings is 1. The van der Waals surface area contributed by atoms with E-state index >= 15 is 0 Å². The van der Waals surface area contributed by atoms with Gasteiger partial charge in [-0.05, 0) is 44.5 Å². The number of nitrogens with one attached hydrogen (secondary N) is 1. The van der Waals surface area contributed by atoms with E-state index in [1.54, 1.807) is 17.4 Å². The fourth-order valence-corrected chi connectivity index (χ4v) is 3.84. The van der Waals surface area contributed by atoms with E-state index in [9.17, 15) is 4.79 Å². The van der Waals surface area contributed by atoms with Crippen LogP contribution in [0.15, 0.2) is 30.5 Å². The highest BCUT2D eigenvalue weighted by atomic mass is 32.1. The number of hydrogen-bond acceptors (Lipinski definition) is 5. The Morgan fingerprint density at radius 3 is 3.00 bits per heavy atom. The van der Waals surface area contributed by atoms with Gasteiger partial charge in [-0.1, -0.05) is 6.07 Å². The molecule has 0 radical (unpaired) electrons. The SMILES string of the molecule is Cc1cn2c(/C=C/C(=O)NC(C)c3ccc4c(c3)OCO4)c(C)nc2s1. The highest BCUT2D eigenvalue weighted by Crippen LogP contribution is 2.34. The molecular weight excluding hydrogens is 350 g/mol. The number of hydrogen-bond donors (Lipinski definition) is 1. The molecule has 3 aromatic rings. The van der Waals surface area contributed by atoms with Crippen molar-refractivity contribution in [3.8, 4) is 11.5 Å². The Morgan fingerprint density at radius 1 is 1.35 bits per heavy atom. The van der Waals surface area contributed by atoms with Crippen molar-refractivity contribution in [2.45, 2.75) is 26.8 Å². The monoisotopic (exact) mass is 369 g/mol. The van der Waals surface area contributed by atoms with Crippen LogP contribution in [0.3, 0.4) is 0 Å². The maximum absolute atomic E-state index is 12.3. The highest BCUT2D eigenvalue weighted by Gasteiger charge is 2.16. The van der Waals surface area contributed by atoms with Crippen LogP contribution in [0.2, 0.25) is 0 Å². The average molecular weight is 369 g/mol. The van der Waals surface area contributed by atoms with E-state index in [1.165, 1.54) is 4.88 Å². The van der Waals surface area contributed by atoms with Crippen molar-refractivity contribution in [2.24, 2.45) is 0 Å². The molecule has 1 aliphatic rings. The first-order chi connectivity index (χ1) is 12.5. The van der Waals surface area contributed by atoms with Gasteiger partial charge in [-0.15, -0.1) is 11.3 Å². The van der Waals surface area contributed by atoms with Crippen LogP contribution in [0, 0.1) is 13.8 Å². The first-order valence-electron chi connectivity index (χ1n) is 8.34. The Kier molecular flexibility index (Phi) is 4.16. The standard InChI is InChI=1S/C19H19N3O3S/c1-11-9-22-15(13(3)21-19(22)26-11)5-7-18(23)20-12(2)14-4-6-16-17(8-14)25-10-24-16/h4-9,12H,10H2,1-3H3,(H,20,23)/b7-5+. The topological polar surface area (TPSA) is 64.9 Å². The van der Waals surface area contributed by atoms with Gasteiger partial charge in [0.05, 0.1) is 17.4 Å². The Balaban J connectivity index is 1.47. The molecule has 0 spiro atoms. The molecular formula is C19H19N3O3S. The lowest BCUT2D eigenvalue weighted by molar-refractivity contribution is -0.117. The van der Waals surface area contributed by atoms with Gasteiger partial charge < -0.3 is 14.8 Å². The van der Waals surface area contributed by atoms with E-state index in [-0.39, 0.29) is 18.7 Å². The number of carbonyl (C=O) groups excluding carboxylic acids is 1. The van der Waals surface area contributed by atoms with E-state index in [2.05, 4.69) is 10.3 Å². The summed E-state index contributed by atoms with van der Waals surface area (Å²) in [6.45, 7) is 6.17. The van der Waals surface area contributed by atoms with Crippen LogP contribution in [-0.2, 0) is 4.79 Å². The van der Waals surface area contributed by atoms with Gasteiger partial charge in [-0.25, -0.2) is 4.98 Å². The fraction of sp³-hybridized carbons (Fsp3) is 0.263. The smallest absolute Gasteiger partial charge is 0.244 e. The van der Waals surface area contributed by atoms with E-state index < -0.39 is 0 Å². The van der Waals surface area contributed by atoms with Crippen LogP contribution >= 0.6 is 11.3 Å². The highest BCUT2D eigenvalue weighted by molar-refractivity contribution is 7.17. The zero-order chi connectivity index (χ0) is 18.3. The molecule has 0 fully saturated rings. The number of aryl methyl sites for hydroxylation is 2. The van der Waals surface area contributed by atoms with Crippen molar-refractivity contribution in [2.75, 3.05) is 6.79 Å². The second-order valence-corrected chi connectivity index (χ2v) is 7.47. The maximum atomic E-state index is 12.3. The second-order valence-electron chi connectivity index (χ2n) is 6.25. The van der Waals surface area contributed by atoms with Crippen molar-refractivity contribution < 1.29 is 14.3 Å². The normalized spacial score (nSPS) is 14.3. The first-order valence-corrected chi connectivity index (χ1v) is 9.16. The minimum atomic E-state index is -0.156. The minimum absolute atomic E-state index is 0.142. The zero-order valence-corrected chi connectivity index (χ0v) is 15.6. The molecule has 0 saturated carbocycles. The molecule has 4 rings (SSSR count). The van der Waals surface area contributed by atoms with Crippen molar-refractivity contribution in [3.05, 3.63) is 52.3 Å². The predicted octanol–water partition coefficient (Wildman–Crippen LogP) is 3.63. The number of fused-ring (bicyclic) bond motifs is 2. The number of thiazole rings is 1. The van der Waals surface area contributed by atoms with Gasteiger partial charge in [0.1, 0.15) is 0 Å². The zero-order valence-electron chi connectivity index (χ0n) is 14.8. The summed E-state index contributed by atoms with van der Waals surface area (Å²) in [5, 5.41) is 2.97. The summed E-state index contributed by atoms with van der Waals surface area (Å²) in [4.78, 5) is 19.0. The van der Waals surface area contributed by atoms with E-state index in [4.69, 9.17) is 9.47 Å². The van der Waals surface area contributed by atoms with Gasteiger partial charge in [-0.3, -0.25) is 9.20 Å². The van der Waals surface area contributed by atoms with Crippen molar-refractivity contribution in [1.29, 1.82) is 0 Å². The van der Waals surface area contributed by atoms with E-state index in [1.807, 2.05) is 55.6 Å². The summed E-state index contributed by atoms with van der Waals surface area (Å²) >= 11 is 1.63. The molecule has 7 heteroatoms. The van der Waals surface area contributed by atoms with Crippen LogP contribution in [0.4, 0.5) is 0 Å². The van der Waals surface area contributed by atoms with Crippen LogP contribution in [-0.4, -0.2) is 22.1 Å². The molecule has 1 aliphatic heterocycles. The Labute approximate surface area is 155 Å². The van der Waals surface area contributed by atoms with Gasteiger partial charge in [-0.2, -0.15) is 0 Å². The predicted molar refractivity (Wildman–Crippen MR) is 101 cm³/mol. The third-order valence-electron chi connectivity index (χ3n) is 4.31. The molecule has 26 heavy (non-hydrogen) atoms. The molecule has 6 nitrogen and oxygen atoms in total. The van der Waals surface area contributed by atoms with Crippen LogP contribution in [0.25, 0.3) is 11.0 Å². The van der Waals surface area contributed by atoms with Gasteiger partial charge in [0.2, 0.25) is 12.7 Å². The lowest BCUT2D eigenvalue weighted by Crippen LogP contribution is -2.24. The summed E-state index contributed by atoms with van der Waals surface area (Å²) in [6.07, 6.45) is 5.39. The number of amides is 1.